The SMILES string of the molecule is CN1CCN(Cc2cccc(F)c2)C1=O. The smallest absolute Gasteiger partial charge is 0.320 e. The van der Waals surface area contributed by atoms with Crippen molar-refractivity contribution in [2.75, 3.05) is 20.1 Å². The molecule has 0 aromatic heterocycles. The monoisotopic (exact) mass is 208 g/mol. The highest BCUT2D eigenvalue weighted by atomic mass is 19.1. The van der Waals surface area contributed by atoms with Gasteiger partial charge in [-0.25, -0.2) is 9.18 Å². The highest BCUT2D eigenvalue weighted by molar-refractivity contribution is 5.76. The second-order valence-corrected chi connectivity index (χ2v) is 3.76. The number of urea groups is 1. The molecule has 0 spiro atoms. The zero-order valence-electron chi connectivity index (χ0n) is 8.61. The molecule has 1 fully saturated rings. The Bertz CT molecular complexity index is 381. The number of rotatable bonds is 2. The summed E-state index contributed by atoms with van der Waals surface area (Å²) >= 11 is 0. The maximum absolute atomic E-state index is 12.9. The van der Waals surface area contributed by atoms with Crippen molar-refractivity contribution in [2.45, 2.75) is 6.54 Å². The molecule has 2 rings (SSSR count). The summed E-state index contributed by atoms with van der Waals surface area (Å²) in [6.45, 7) is 1.95. The average Bonchev–Trinajstić information content (AvgIpc) is 2.50. The molecule has 0 atom stereocenters. The van der Waals surface area contributed by atoms with Crippen LogP contribution >= 0.6 is 0 Å². The van der Waals surface area contributed by atoms with E-state index < -0.39 is 0 Å². The first-order valence-electron chi connectivity index (χ1n) is 4.91. The van der Waals surface area contributed by atoms with E-state index in [0.29, 0.717) is 13.1 Å². The molecular formula is C11H13FN2O. The molecule has 2 amide bonds. The van der Waals surface area contributed by atoms with Crippen LogP contribution in [0.4, 0.5) is 9.18 Å². The lowest BCUT2D eigenvalue weighted by molar-refractivity contribution is 0.197. The van der Waals surface area contributed by atoms with E-state index in [1.165, 1.54) is 12.1 Å². The predicted octanol–water partition coefficient (Wildman–Crippen LogP) is 1.69. The fourth-order valence-electron chi connectivity index (χ4n) is 1.71. The molecule has 1 aliphatic heterocycles. The first kappa shape index (κ1) is 9.96. The van der Waals surface area contributed by atoms with Crippen molar-refractivity contribution < 1.29 is 9.18 Å². The highest BCUT2D eigenvalue weighted by Gasteiger charge is 2.24. The number of amides is 2. The van der Waals surface area contributed by atoms with Crippen LogP contribution in [0.2, 0.25) is 0 Å². The van der Waals surface area contributed by atoms with Gasteiger partial charge in [0.05, 0.1) is 0 Å². The predicted molar refractivity (Wildman–Crippen MR) is 54.8 cm³/mol. The Morgan fingerprint density at radius 3 is 2.80 bits per heavy atom. The van der Waals surface area contributed by atoms with Gasteiger partial charge in [-0.2, -0.15) is 0 Å². The molecule has 0 N–H and O–H groups in total. The number of hydrogen-bond acceptors (Lipinski definition) is 1. The molecule has 80 valence electrons. The minimum Gasteiger partial charge on any atom is -0.326 e. The number of carbonyl (C=O) groups is 1. The van der Waals surface area contributed by atoms with Gasteiger partial charge in [-0.15, -0.1) is 0 Å². The maximum atomic E-state index is 12.9. The van der Waals surface area contributed by atoms with Gasteiger partial charge >= 0.3 is 6.03 Å². The van der Waals surface area contributed by atoms with E-state index in [9.17, 15) is 9.18 Å². The summed E-state index contributed by atoms with van der Waals surface area (Å²) in [5.74, 6) is -0.257. The number of carbonyl (C=O) groups excluding carboxylic acids is 1. The van der Waals surface area contributed by atoms with E-state index in [-0.39, 0.29) is 11.8 Å². The van der Waals surface area contributed by atoms with Gasteiger partial charge in [0, 0.05) is 26.7 Å². The van der Waals surface area contributed by atoms with Crippen LogP contribution in [0.5, 0.6) is 0 Å². The number of halogens is 1. The number of likely N-dealkylation sites (N-methyl/N-ethyl adjacent to an activating group) is 1. The highest BCUT2D eigenvalue weighted by Crippen LogP contribution is 2.12. The van der Waals surface area contributed by atoms with E-state index in [0.717, 1.165) is 12.1 Å². The number of hydrogen-bond donors (Lipinski definition) is 0. The summed E-state index contributed by atoms with van der Waals surface area (Å²) < 4.78 is 12.9. The molecule has 0 aliphatic carbocycles. The molecular weight excluding hydrogens is 195 g/mol. The Morgan fingerprint density at radius 2 is 2.20 bits per heavy atom. The van der Waals surface area contributed by atoms with E-state index in [1.807, 2.05) is 6.07 Å². The van der Waals surface area contributed by atoms with Crippen LogP contribution in [0, 0.1) is 5.82 Å². The van der Waals surface area contributed by atoms with Crippen LogP contribution in [0.15, 0.2) is 24.3 Å². The summed E-state index contributed by atoms with van der Waals surface area (Å²) in [4.78, 5) is 14.9. The van der Waals surface area contributed by atoms with Gasteiger partial charge in [0.25, 0.3) is 0 Å². The van der Waals surface area contributed by atoms with E-state index >= 15 is 0 Å². The first-order valence-corrected chi connectivity index (χ1v) is 4.91. The first-order chi connectivity index (χ1) is 7.16. The lowest BCUT2D eigenvalue weighted by Gasteiger charge is -2.15. The third-order valence-corrected chi connectivity index (χ3v) is 2.56. The fraction of sp³-hybridized carbons (Fsp3) is 0.364. The lowest BCUT2D eigenvalue weighted by atomic mass is 10.2. The fourth-order valence-corrected chi connectivity index (χ4v) is 1.71. The van der Waals surface area contributed by atoms with Gasteiger partial charge in [-0.05, 0) is 17.7 Å². The maximum Gasteiger partial charge on any atom is 0.320 e. The number of benzene rings is 1. The molecule has 1 aromatic carbocycles. The molecule has 1 aromatic rings. The van der Waals surface area contributed by atoms with Crippen molar-refractivity contribution in [1.29, 1.82) is 0 Å². The Kier molecular flexibility index (Phi) is 2.58. The molecule has 0 unspecified atom stereocenters. The second-order valence-electron chi connectivity index (χ2n) is 3.76. The summed E-state index contributed by atoms with van der Waals surface area (Å²) in [6.07, 6.45) is 0. The average molecular weight is 208 g/mol. The minimum absolute atomic E-state index is 0.0132. The topological polar surface area (TPSA) is 23.6 Å². The van der Waals surface area contributed by atoms with Gasteiger partial charge in [0.2, 0.25) is 0 Å². The van der Waals surface area contributed by atoms with Crippen LogP contribution in [0.25, 0.3) is 0 Å². The molecule has 3 nitrogen and oxygen atoms in total. The molecule has 1 heterocycles. The van der Waals surface area contributed by atoms with Crippen molar-refractivity contribution in [3.8, 4) is 0 Å². The molecule has 0 saturated carbocycles. The van der Waals surface area contributed by atoms with Crippen LogP contribution in [0.1, 0.15) is 5.56 Å². The van der Waals surface area contributed by atoms with Gasteiger partial charge in [0.1, 0.15) is 5.82 Å². The Labute approximate surface area is 88.1 Å². The van der Waals surface area contributed by atoms with Gasteiger partial charge in [0.15, 0.2) is 0 Å². The van der Waals surface area contributed by atoms with Gasteiger partial charge in [-0.1, -0.05) is 12.1 Å². The normalized spacial score (nSPS) is 16.3. The summed E-state index contributed by atoms with van der Waals surface area (Å²) in [5, 5.41) is 0. The molecule has 1 saturated heterocycles. The molecule has 15 heavy (non-hydrogen) atoms. The summed E-state index contributed by atoms with van der Waals surface area (Å²) in [7, 11) is 1.77. The largest absolute Gasteiger partial charge is 0.326 e. The number of nitrogens with zero attached hydrogens (tertiary/aromatic N) is 2. The third kappa shape index (κ3) is 2.09. The van der Waals surface area contributed by atoms with E-state index in [4.69, 9.17) is 0 Å². The standard InChI is InChI=1S/C11H13FN2O/c1-13-5-6-14(11(13)15)8-9-3-2-4-10(12)7-9/h2-4,7H,5-6,8H2,1H3. The van der Waals surface area contributed by atoms with Crippen LogP contribution < -0.4 is 0 Å². The lowest BCUT2D eigenvalue weighted by Crippen LogP contribution is -2.28. The zero-order valence-corrected chi connectivity index (χ0v) is 8.61. The van der Waals surface area contributed by atoms with Crippen molar-refractivity contribution in [1.82, 2.24) is 9.80 Å². The van der Waals surface area contributed by atoms with Crippen LogP contribution in [-0.4, -0.2) is 36.0 Å². The van der Waals surface area contributed by atoms with Gasteiger partial charge in [-0.3, -0.25) is 0 Å². The second kappa shape index (κ2) is 3.88. The molecule has 4 heteroatoms. The molecule has 1 aliphatic rings. The summed E-state index contributed by atoms with van der Waals surface area (Å²) in [5.41, 5.74) is 0.832. The zero-order chi connectivity index (χ0) is 10.8. The van der Waals surface area contributed by atoms with Crippen molar-refractivity contribution >= 4 is 6.03 Å². The van der Waals surface area contributed by atoms with Crippen molar-refractivity contribution in [3.63, 3.8) is 0 Å². The minimum atomic E-state index is -0.257. The molecule has 0 bridgehead atoms. The quantitative estimate of drug-likeness (QED) is 0.725. The van der Waals surface area contributed by atoms with E-state index in [1.54, 1.807) is 22.9 Å². The van der Waals surface area contributed by atoms with Crippen molar-refractivity contribution in [3.05, 3.63) is 35.6 Å². The third-order valence-electron chi connectivity index (χ3n) is 2.56. The Hall–Kier alpha value is -1.58. The Morgan fingerprint density at radius 1 is 1.40 bits per heavy atom. The van der Waals surface area contributed by atoms with E-state index in [2.05, 4.69) is 0 Å². The Balaban J connectivity index is 2.06. The van der Waals surface area contributed by atoms with Crippen LogP contribution in [0.3, 0.4) is 0 Å². The summed E-state index contributed by atoms with van der Waals surface area (Å²) in [6, 6.07) is 6.37. The van der Waals surface area contributed by atoms with Crippen LogP contribution in [-0.2, 0) is 6.54 Å². The van der Waals surface area contributed by atoms with Crippen molar-refractivity contribution in [2.24, 2.45) is 0 Å². The molecule has 0 radical (unpaired) electrons. The van der Waals surface area contributed by atoms with Gasteiger partial charge < -0.3 is 9.80 Å².